The summed E-state index contributed by atoms with van der Waals surface area (Å²) in [6.45, 7) is 3.32. The largest absolute Gasteiger partial charge is 0.360 e. The van der Waals surface area contributed by atoms with Crippen LogP contribution in [-0.4, -0.2) is 23.4 Å². The van der Waals surface area contributed by atoms with Crippen LogP contribution < -0.4 is 10.6 Å². The molecule has 6 heteroatoms. The van der Waals surface area contributed by atoms with Gasteiger partial charge in [0.15, 0.2) is 11.6 Å². The number of hydrogen-bond acceptors (Lipinski definition) is 5. The van der Waals surface area contributed by atoms with E-state index in [1.807, 2.05) is 0 Å². The summed E-state index contributed by atoms with van der Waals surface area (Å²) in [5, 5.41) is 9.26. The Morgan fingerprint density at radius 2 is 2.10 bits per heavy atom. The molecule has 0 unspecified atom stereocenters. The van der Waals surface area contributed by atoms with E-state index >= 15 is 0 Å². The number of benzene rings is 1. The standard InChI is InChI=1S/C14H15N3O3/c1-9-6-13(17-20-9)15-8-14(19)16-12-5-3-4-11(7-12)10(2)18/h3-7H,8H2,1-2H3,(H,15,17)(H,16,19). The van der Waals surface area contributed by atoms with Gasteiger partial charge in [0, 0.05) is 17.3 Å². The molecule has 0 radical (unpaired) electrons. The molecular formula is C14H15N3O3. The van der Waals surface area contributed by atoms with Crippen LogP contribution in [0.25, 0.3) is 0 Å². The highest BCUT2D eigenvalue weighted by Gasteiger charge is 2.06. The predicted molar refractivity (Wildman–Crippen MR) is 74.8 cm³/mol. The molecule has 1 heterocycles. The van der Waals surface area contributed by atoms with Gasteiger partial charge in [-0.25, -0.2) is 0 Å². The molecule has 0 bridgehead atoms. The Bertz CT molecular complexity index is 634. The van der Waals surface area contributed by atoms with Crippen molar-refractivity contribution in [2.75, 3.05) is 17.2 Å². The number of amides is 1. The van der Waals surface area contributed by atoms with Crippen LogP contribution in [0.1, 0.15) is 23.0 Å². The second kappa shape index (κ2) is 6.01. The molecule has 1 aromatic heterocycles. The number of Topliss-reactive ketones (excluding diaryl/α,β-unsaturated/α-hetero) is 1. The maximum Gasteiger partial charge on any atom is 0.243 e. The average molecular weight is 273 g/mol. The van der Waals surface area contributed by atoms with Crippen LogP contribution in [0.5, 0.6) is 0 Å². The molecular weight excluding hydrogens is 258 g/mol. The number of ketones is 1. The molecule has 20 heavy (non-hydrogen) atoms. The molecule has 0 fully saturated rings. The van der Waals surface area contributed by atoms with Gasteiger partial charge in [0.25, 0.3) is 0 Å². The Morgan fingerprint density at radius 3 is 2.75 bits per heavy atom. The molecule has 2 rings (SSSR count). The fourth-order valence-corrected chi connectivity index (χ4v) is 1.64. The molecule has 104 valence electrons. The SMILES string of the molecule is CC(=O)c1cccc(NC(=O)CNc2cc(C)on2)c1. The second-order valence-electron chi connectivity index (χ2n) is 4.36. The Balaban J connectivity index is 1.91. The van der Waals surface area contributed by atoms with Crippen LogP contribution in [0.2, 0.25) is 0 Å². The highest BCUT2D eigenvalue weighted by atomic mass is 16.5. The lowest BCUT2D eigenvalue weighted by atomic mass is 10.1. The van der Waals surface area contributed by atoms with E-state index in [2.05, 4.69) is 15.8 Å². The summed E-state index contributed by atoms with van der Waals surface area (Å²) in [6, 6.07) is 8.49. The van der Waals surface area contributed by atoms with Crippen LogP contribution in [-0.2, 0) is 4.79 Å². The van der Waals surface area contributed by atoms with Gasteiger partial charge in [-0.1, -0.05) is 17.3 Å². The van der Waals surface area contributed by atoms with Crippen molar-refractivity contribution < 1.29 is 14.1 Å². The lowest BCUT2D eigenvalue weighted by Gasteiger charge is -2.06. The van der Waals surface area contributed by atoms with Gasteiger partial charge in [0.1, 0.15) is 5.76 Å². The van der Waals surface area contributed by atoms with Crippen LogP contribution in [0.15, 0.2) is 34.9 Å². The number of carbonyl (C=O) groups is 2. The molecule has 2 aromatic rings. The Hall–Kier alpha value is -2.63. The number of aryl methyl sites for hydroxylation is 1. The minimum absolute atomic E-state index is 0.0442. The topological polar surface area (TPSA) is 84.2 Å². The first-order valence-corrected chi connectivity index (χ1v) is 6.12. The van der Waals surface area contributed by atoms with Crippen LogP contribution in [0.4, 0.5) is 11.5 Å². The van der Waals surface area contributed by atoms with E-state index in [-0.39, 0.29) is 18.2 Å². The van der Waals surface area contributed by atoms with Gasteiger partial charge in [0.05, 0.1) is 6.54 Å². The molecule has 0 aliphatic heterocycles. The van der Waals surface area contributed by atoms with Gasteiger partial charge in [-0.2, -0.15) is 0 Å². The molecule has 0 saturated carbocycles. The number of rotatable bonds is 5. The zero-order valence-electron chi connectivity index (χ0n) is 11.3. The van der Waals surface area contributed by atoms with Crippen molar-refractivity contribution in [1.82, 2.24) is 5.16 Å². The minimum atomic E-state index is -0.230. The van der Waals surface area contributed by atoms with E-state index < -0.39 is 0 Å². The zero-order chi connectivity index (χ0) is 14.5. The van der Waals surface area contributed by atoms with Crippen molar-refractivity contribution in [3.05, 3.63) is 41.7 Å². The van der Waals surface area contributed by atoms with E-state index in [0.29, 0.717) is 22.8 Å². The Morgan fingerprint density at radius 1 is 1.30 bits per heavy atom. The first-order chi connectivity index (χ1) is 9.54. The molecule has 6 nitrogen and oxygen atoms in total. The summed E-state index contributed by atoms with van der Waals surface area (Å²) in [6.07, 6.45) is 0. The lowest BCUT2D eigenvalue weighted by Crippen LogP contribution is -2.21. The maximum absolute atomic E-state index is 11.8. The zero-order valence-corrected chi connectivity index (χ0v) is 11.3. The normalized spacial score (nSPS) is 10.1. The van der Waals surface area contributed by atoms with Crippen LogP contribution >= 0.6 is 0 Å². The van der Waals surface area contributed by atoms with E-state index in [1.165, 1.54) is 6.92 Å². The smallest absolute Gasteiger partial charge is 0.243 e. The van der Waals surface area contributed by atoms with Crippen molar-refractivity contribution in [3.8, 4) is 0 Å². The van der Waals surface area contributed by atoms with Crippen molar-refractivity contribution in [1.29, 1.82) is 0 Å². The summed E-state index contributed by atoms with van der Waals surface area (Å²) in [7, 11) is 0. The summed E-state index contributed by atoms with van der Waals surface area (Å²) < 4.78 is 4.88. The summed E-state index contributed by atoms with van der Waals surface area (Å²) in [5.41, 5.74) is 1.14. The first kappa shape index (κ1) is 13.8. The third-order valence-corrected chi connectivity index (χ3v) is 2.61. The maximum atomic E-state index is 11.8. The summed E-state index contributed by atoms with van der Waals surface area (Å²) in [5.74, 6) is 0.904. The number of aromatic nitrogens is 1. The molecule has 0 spiro atoms. The fourth-order valence-electron chi connectivity index (χ4n) is 1.64. The summed E-state index contributed by atoms with van der Waals surface area (Å²) >= 11 is 0. The van der Waals surface area contributed by atoms with E-state index in [4.69, 9.17) is 4.52 Å². The summed E-state index contributed by atoms with van der Waals surface area (Å²) in [4.78, 5) is 23.0. The number of anilines is 2. The average Bonchev–Trinajstić information content (AvgIpc) is 2.82. The molecule has 1 aromatic carbocycles. The molecule has 0 aliphatic rings. The molecule has 0 saturated heterocycles. The van der Waals surface area contributed by atoms with Crippen LogP contribution in [0, 0.1) is 6.92 Å². The molecule has 2 N–H and O–H groups in total. The second-order valence-corrected chi connectivity index (χ2v) is 4.36. The molecule has 0 atom stereocenters. The molecule has 0 aliphatic carbocycles. The minimum Gasteiger partial charge on any atom is -0.360 e. The predicted octanol–water partition coefficient (Wildman–Crippen LogP) is 2.24. The molecule has 1 amide bonds. The van der Waals surface area contributed by atoms with E-state index in [9.17, 15) is 9.59 Å². The van der Waals surface area contributed by atoms with Gasteiger partial charge < -0.3 is 15.2 Å². The third kappa shape index (κ3) is 3.68. The van der Waals surface area contributed by atoms with E-state index in [1.54, 1.807) is 37.3 Å². The first-order valence-electron chi connectivity index (χ1n) is 6.12. The van der Waals surface area contributed by atoms with E-state index in [0.717, 1.165) is 0 Å². The number of nitrogens with one attached hydrogen (secondary N) is 2. The third-order valence-electron chi connectivity index (χ3n) is 2.61. The van der Waals surface area contributed by atoms with Gasteiger partial charge in [-0.05, 0) is 26.0 Å². The highest BCUT2D eigenvalue weighted by Crippen LogP contribution is 2.11. The van der Waals surface area contributed by atoms with Gasteiger partial charge >= 0.3 is 0 Å². The monoisotopic (exact) mass is 273 g/mol. The number of nitrogens with zero attached hydrogens (tertiary/aromatic N) is 1. The van der Waals surface area contributed by atoms with Crippen LogP contribution in [0.3, 0.4) is 0 Å². The van der Waals surface area contributed by atoms with Crippen molar-refractivity contribution in [2.45, 2.75) is 13.8 Å². The highest BCUT2D eigenvalue weighted by molar-refractivity contribution is 5.97. The van der Waals surface area contributed by atoms with Gasteiger partial charge in [0.2, 0.25) is 5.91 Å². The van der Waals surface area contributed by atoms with Crippen molar-refractivity contribution >= 4 is 23.2 Å². The van der Waals surface area contributed by atoms with Crippen molar-refractivity contribution in [3.63, 3.8) is 0 Å². The lowest BCUT2D eigenvalue weighted by molar-refractivity contribution is -0.114. The quantitative estimate of drug-likeness (QED) is 0.816. The number of carbonyl (C=O) groups excluding carboxylic acids is 2. The number of hydrogen-bond donors (Lipinski definition) is 2. The fraction of sp³-hybridized carbons (Fsp3) is 0.214. The van der Waals surface area contributed by atoms with Gasteiger partial charge in [-0.3, -0.25) is 9.59 Å². The Kier molecular flexibility index (Phi) is 4.14. The van der Waals surface area contributed by atoms with Crippen molar-refractivity contribution in [2.24, 2.45) is 0 Å². The Labute approximate surface area is 116 Å². The van der Waals surface area contributed by atoms with Gasteiger partial charge in [-0.15, -0.1) is 0 Å².